The van der Waals surface area contributed by atoms with Gasteiger partial charge in [0.2, 0.25) is 0 Å². The molecule has 1 unspecified atom stereocenters. The topological polar surface area (TPSA) is 9.23 Å². The lowest BCUT2D eigenvalue weighted by Crippen LogP contribution is -2.42. The van der Waals surface area contributed by atoms with Gasteiger partial charge in [0.15, 0.2) is 8.32 Å². The molecule has 0 aromatic heterocycles. The molecule has 0 N–H and O–H groups in total. The number of benzene rings is 1. The Morgan fingerprint density at radius 1 is 1.17 bits per heavy atom. The third kappa shape index (κ3) is 4.19. The molecule has 0 aliphatic carbocycles. The first-order valence-corrected chi connectivity index (χ1v) is 11.0. The van der Waals surface area contributed by atoms with Crippen molar-refractivity contribution in [1.82, 2.24) is 0 Å². The summed E-state index contributed by atoms with van der Waals surface area (Å²) in [7, 11) is -1.73. The minimum atomic E-state index is -1.73. The molecule has 0 aliphatic rings. The van der Waals surface area contributed by atoms with Crippen LogP contribution in [0.25, 0.3) is 0 Å². The first-order valence-electron chi connectivity index (χ1n) is 6.16. The number of hydrogen-bond donors (Lipinski definition) is 0. The monoisotopic (exact) mass is 392 g/mol. The second-order valence-corrected chi connectivity index (χ2v) is 12.4. The molecule has 0 spiro atoms. The van der Waals surface area contributed by atoms with E-state index >= 15 is 0 Å². The van der Waals surface area contributed by atoms with Crippen molar-refractivity contribution >= 4 is 40.2 Å². The predicted octanol–water partition coefficient (Wildman–Crippen LogP) is 5.91. The zero-order valence-electron chi connectivity index (χ0n) is 11.8. The summed E-state index contributed by atoms with van der Waals surface area (Å²) in [5.74, 6) is 0. The highest BCUT2D eigenvalue weighted by Crippen LogP contribution is 2.40. The summed E-state index contributed by atoms with van der Waals surface area (Å²) < 4.78 is 7.56. The second kappa shape index (κ2) is 6.20. The highest BCUT2D eigenvalue weighted by molar-refractivity contribution is 9.10. The van der Waals surface area contributed by atoms with Gasteiger partial charge < -0.3 is 4.43 Å². The number of alkyl halides is 1. The van der Waals surface area contributed by atoms with Gasteiger partial charge in [-0.25, -0.2) is 0 Å². The molecule has 0 aliphatic heterocycles. The van der Waals surface area contributed by atoms with Crippen LogP contribution in [0.5, 0.6) is 0 Å². The van der Waals surface area contributed by atoms with E-state index in [0.717, 1.165) is 9.80 Å². The van der Waals surface area contributed by atoms with Gasteiger partial charge in [0.25, 0.3) is 0 Å². The number of halogens is 2. The molecule has 0 amide bonds. The van der Waals surface area contributed by atoms with Gasteiger partial charge in [-0.1, -0.05) is 64.8 Å². The molecule has 0 bridgehead atoms. The van der Waals surface area contributed by atoms with Crippen LogP contribution in [0.4, 0.5) is 0 Å². The van der Waals surface area contributed by atoms with E-state index in [0.29, 0.717) is 0 Å². The Kier molecular flexibility index (Phi) is 5.66. The van der Waals surface area contributed by atoms with E-state index in [4.69, 9.17) is 4.43 Å². The summed E-state index contributed by atoms with van der Waals surface area (Å²) in [5.41, 5.74) is 1.24. The molecule has 1 atom stereocenters. The lowest BCUT2D eigenvalue weighted by molar-refractivity contribution is 0.208. The summed E-state index contributed by atoms with van der Waals surface area (Å²) in [4.78, 5) is 0. The Hall–Kier alpha value is 0.357. The molecule has 1 rings (SSSR count). The Morgan fingerprint density at radius 3 is 2.06 bits per heavy atom. The summed E-state index contributed by atoms with van der Waals surface area (Å²) in [5, 5.41) is 1.07. The largest absolute Gasteiger partial charge is 0.409 e. The third-order valence-corrected chi connectivity index (χ3v) is 9.23. The highest BCUT2D eigenvalue weighted by atomic mass is 79.9. The maximum atomic E-state index is 6.45. The third-order valence-electron chi connectivity index (χ3n) is 3.63. The molecule has 4 heteroatoms. The average molecular weight is 394 g/mol. The highest BCUT2D eigenvalue weighted by Gasteiger charge is 2.39. The van der Waals surface area contributed by atoms with Gasteiger partial charge >= 0.3 is 0 Å². The number of rotatable bonds is 4. The van der Waals surface area contributed by atoms with E-state index in [1.165, 1.54) is 5.56 Å². The quantitative estimate of drug-likeness (QED) is 0.456. The van der Waals surface area contributed by atoms with Crippen LogP contribution in [0.3, 0.4) is 0 Å². The fourth-order valence-electron chi connectivity index (χ4n) is 1.40. The fraction of sp³-hybridized carbons (Fsp3) is 0.571. The maximum Gasteiger partial charge on any atom is 0.192 e. The van der Waals surface area contributed by atoms with Gasteiger partial charge in [0.1, 0.15) is 0 Å². The van der Waals surface area contributed by atoms with Gasteiger partial charge in [-0.3, -0.25) is 0 Å². The Bertz CT molecular complexity index is 382. The van der Waals surface area contributed by atoms with Crippen molar-refractivity contribution in [3.05, 3.63) is 34.3 Å². The molecule has 102 valence electrons. The Labute approximate surface area is 129 Å². The second-order valence-electron chi connectivity index (χ2n) is 6.07. The van der Waals surface area contributed by atoms with E-state index in [9.17, 15) is 0 Å². The van der Waals surface area contributed by atoms with Gasteiger partial charge in [0, 0.05) is 9.80 Å². The molecule has 18 heavy (non-hydrogen) atoms. The van der Waals surface area contributed by atoms with Crippen LogP contribution in [0, 0.1) is 0 Å². The Morgan fingerprint density at radius 2 is 1.67 bits per heavy atom. The van der Waals surface area contributed by atoms with E-state index in [2.05, 4.69) is 90.0 Å². The first-order chi connectivity index (χ1) is 8.17. The van der Waals surface area contributed by atoms with Crippen molar-refractivity contribution in [1.29, 1.82) is 0 Å². The van der Waals surface area contributed by atoms with Crippen molar-refractivity contribution < 1.29 is 4.43 Å². The van der Waals surface area contributed by atoms with Crippen LogP contribution in [-0.2, 0) is 4.43 Å². The molecule has 1 aromatic carbocycles. The van der Waals surface area contributed by atoms with Gasteiger partial charge in [-0.15, -0.1) is 0 Å². The van der Waals surface area contributed by atoms with Crippen LogP contribution < -0.4 is 0 Å². The van der Waals surface area contributed by atoms with Crippen LogP contribution in [0.15, 0.2) is 28.7 Å². The van der Waals surface area contributed by atoms with Crippen LogP contribution in [-0.4, -0.2) is 13.6 Å². The van der Waals surface area contributed by atoms with Crippen molar-refractivity contribution in [3.8, 4) is 0 Å². The van der Waals surface area contributed by atoms with Crippen molar-refractivity contribution in [2.45, 2.75) is 45.0 Å². The van der Waals surface area contributed by atoms with Crippen LogP contribution in [0.2, 0.25) is 18.1 Å². The standard InChI is InChI=1S/C14H22Br2OSi/c1-14(2,3)18(4,5)17-13(10-15)11-6-8-12(16)9-7-11/h6-9,13H,10H2,1-5H3. The average Bonchev–Trinajstić information content (AvgIpc) is 2.25. The van der Waals surface area contributed by atoms with E-state index in [1.54, 1.807) is 0 Å². The fourth-order valence-corrected chi connectivity index (χ4v) is 3.70. The van der Waals surface area contributed by atoms with Gasteiger partial charge in [-0.2, -0.15) is 0 Å². The summed E-state index contributed by atoms with van der Waals surface area (Å²) in [6, 6.07) is 8.40. The zero-order valence-corrected chi connectivity index (χ0v) is 15.9. The van der Waals surface area contributed by atoms with E-state index < -0.39 is 8.32 Å². The van der Waals surface area contributed by atoms with Crippen LogP contribution in [0.1, 0.15) is 32.4 Å². The molecule has 0 radical (unpaired) electrons. The lowest BCUT2D eigenvalue weighted by Gasteiger charge is -2.39. The van der Waals surface area contributed by atoms with Crippen molar-refractivity contribution in [2.75, 3.05) is 5.33 Å². The molecule has 0 saturated carbocycles. The van der Waals surface area contributed by atoms with Gasteiger partial charge in [0.05, 0.1) is 6.10 Å². The molecule has 0 heterocycles. The van der Waals surface area contributed by atoms with Crippen LogP contribution >= 0.6 is 31.9 Å². The molecule has 1 aromatic rings. The van der Waals surface area contributed by atoms with Crippen molar-refractivity contribution in [3.63, 3.8) is 0 Å². The molecular weight excluding hydrogens is 372 g/mol. The molecule has 0 saturated heterocycles. The van der Waals surface area contributed by atoms with E-state index in [-0.39, 0.29) is 11.1 Å². The summed E-state index contributed by atoms with van der Waals surface area (Å²) >= 11 is 7.04. The molecule has 1 nitrogen and oxygen atoms in total. The minimum Gasteiger partial charge on any atom is -0.409 e. The van der Waals surface area contributed by atoms with Gasteiger partial charge in [-0.05, 0) is 35.8 Å². The maximum absolute atomic E-state index is 6.45. The smallest absolute Gasteiger partial charge is 0.192 e. The molecular formula is C14H22Br2OSi. The summed E-state index contributed by atoms with van der Waals surface area (Å²) in [6.45, 7) is 11.4. The van der Waals surface area contributed by atoms with Crippen molar-refractivity contribution in [2.24, 2.45) is 0 Å². The number of hydrogen-bond acceptors (Lipinski definition) is 1. The first kappa shape index (κ1) is 16.4. The van der Waals surface area contributed by atoms with E-state index in [1.807, 2.05) is 0 Å². The zero-order chi connectivity index (χ0) is 14.0. The molecule has 0 fully saturated rings. The lowest BCUT2D eigenvalue weighted by atomic mass is 10.1. The Balaban J connectivity index is 2.89. The SMILES string of the molecule is CC(C)(C)[Si](C)(C)OC(CBr)c1ccc(Br)cc1. The summed E-state index contributed by atoms with van der Waals surface area (Å²) in [6.07, 6.45) is 0.138. The minimum absolute atomic E-state index is 0.138. The predicted molar refractivity (Wildman–Crippen MR) is 89.0 cm³/mol. The normalized spacial score (nSPS) is 14.6.